The monoisotopic (exact) mass is 315 g/mol. The third kappa shape index (κ3) is 9.69. The Balaban J connectivity index is 1.97. The molecule has 0 aliphatic heterocycles. The molecule has 0 bridgehead atoms. The van der Waals surface area contributed by atoms with Gasteiger partial charge in [-0.1, -0.05) is 31.0 Å². The quantitative estimate of drug-likeness (QED) is 0.582. The first-order valence-corrected chi connectivity index (χ1v) is 7.95. The van der Waals surface area contributed by atoms with Crippen LogP contribution in [0.15, 0.2) is 24.3 Å². The summed E-state index contributed by atoms with van der Waals surface area (Å²) in [6.07, 6.45) is 2.69. The molecular formula is C16H26ClNO3. The second-order valence-electron chi connectivity index (χ2n) is 4.95. The van der Waals surface area contributed by atoms with E-state index in [-0.39, 0.29) is 6.61 Å². The Kier molecular flexibility index (Phi) is 10.3. The Morgan fingerprint density at radius 1 is 1.29 bits per heavy atom. The highest BCUT2D eigenvalue weighted by atomic mass is 35.5. The average Bonchev–Trinajstić information content (AvgIpc) is 2.48. The summed E-state index contributed by atoms with van der Waals surface area (Å²) in [7, 11) is 0. The maximum atomic E-state index is 9.80. The van der Waals surface area contributed by atoms with Crippen LogP contribution in [0.3, 0.4) is 0 Å². The van der Waals surface area contributed by atoms with Gasteiger partial charge >= 0.3 is 0 Å². The highest BCUT2D eigenvalue weighted by Gasteiger charge is 2.05. The van der Waals surface area contributed by atoms with Gasteiger partial charge in [0.1, 0.15) is 18.5 Å². The van der Waals surface area contributed by atoms with Gasteiger partial charge in [0.25, 0.3) is 0 Å². The lowest BCUT2D eigenvalue weighted by Crippen LogP contribution is -2.32. The van der Waals surface area contributed by atoms with Crippen molar-refractivity contribution in [2.45, 2.75) is 32.3 Å². The Morgan fingerprint density at radius 3 is 2.86 bits per heavy atom. The molecule has 0 aliphatic rings. The SMILES string of the molecule is CCCCOCCCNCC(O)COc1cccc(Cl)c1. The number of aliphatic hydroxyl groups excluding tert-OH is 1. The van der Waals surface area contributed by atoms with Gasteiger partial charge in [-0.2, -0.15) is 0 Å². The molecule has 120 valence electrons. The minimum atomic E-state index is -0.537. The molecule has 0 saturated carbocycles. The summed E-state index contributed by atoms with van der Waals surface area (Å²) in [4.78, 5) is 0. The van der Waals surface area contributed by atoms with E-state index in [1.54, 1.807) is 12.1 Å². The van der Waals surface area contributed by atoms with Crippen molar-refractivity contribution in [3.8, 4) is 5.75 Å². The highest BCUT2D eigenvalue weighted by Crippen LogP contribution is 2.17. The number of benzene rings is 1. The maximum Gasteiger partial charge on any atom is 0.120 e. The predicted molar refractivity (Wildman–Crippen MR) is 86.2 cm³/mol. The second kappa shape index (κ2) is 11.8. The van der Waals surface area contributed by atoms with E-state index >= 15 is 0 Å². The van der Waals surface area contributed by atoms with Gasteiger partial charge in [0.15, 0.2) is 0 Å². The standard InChI is InChI=1S/C16H26ClNO3/c1-2-3-9-20-10-5-8-18-12-15(19)13-21-16-7-4-6-14(17)11-16/h4,6-7,11,15,18-19H,2-3,5,8-10,12-13H2,1H3. The molecule has 1 aromatic carbocycles. The lowest BCUT2D eigenvalue weighted by molar-refractivity contribution is 0.103. The largest absolute Gasteiger partial charge is 0.491 e. The van der Waals surface area contributed by atoms with E-state index in [1.165, 1.54) is 0 Å². The fourth-order valence-electron chi connectivity index (χ4n) is 1.72. The number of ether oxygens (including phenoxy) is 2. The summed E-state index contributed by atoms with van der Waals surface area (Å²) in [5, 5.41) is 13.6. The van der Waals surface area contributed by atoms with Gasteiger partial charge in [-0.05, 0) is 37.6 Å². The van der Waals surface area contributed by atoms with Gasteiger partial charge in [0, 0.05) is 24.8 Å². The van der Waals surface area contributed by atoms with Crippen LogP contribution < -0.4 is 10.1 Å². The number of unbranched alkanes of at least 4 members (excludes halogenated alkanes) is 1. The van der Waals surface area contributed by atoms with Gasteiger partial charge in [0.05, 0.1) is 0 Å². The van der Waals surface area contributed by atoms with Crippen molar-refractivity contribution in [3.05, 3.63) is 29.3 Å². The zero-order chi connectivity index (χ0) is 15.3. The van der Waals surface area contributed by atoms with E-state index in [0.717, 1.165) is 39.0 Å². The van der Waals surface area contributed by atoms with E-state index in [4.69, 9.17) is 21.1 Å². The first-order chi connectivity index (χ1) is 10.2. The lowest BCUT2D eigenvalue weighted by atomic mass is 10.3. The molecule has 0 spiro atoms. The third-order valence-electron chi connectivity index (χ3n) is 2.90. The Morgan fingerprint density at radius 2 is 2.10 bits per heavy atom. The molecule has 0 heterocycles. The Labute approximate surface area is 132 Å². The van der Waals surface area contributed by atoms with Crippen LogP contribution in [0.5, 0.6) is 5.75 Å². The average molecular weight is 316 g/mol. The number of aliphatic hydroxyl groups is 1. The molecule has 4 nitrogen and oxygen atoms in total. The summed E-state index contributed by atoms with van der Waals surface area (Å²) in [5.74, 6) is 0.672. The normalized spacial score (nSPS) is 12.3. The first-order valence-electron chi connectivity index (χ1n) is 7.57. The van der Waals surface area contributed by atoms with Gasteiger partial charge in [-0.3, -0.25) is 0 Å². The number of halogens is 1. The zero-order valence-corrected chi connectivity index (χ0v) is 13.4. The summed E-state index contributed by atoms with van der Waals surface area (Å²) in [6.45, 7) is 5.35. The molecule has 0 aromatic heterocycles. The summed E-state index contributed by atoms with van der Waals surface area (Å²) in [5.41, 5.74) is 0. The van der Waals surface area contributed by atoms with Crippen LogP contribution >= 0.6 is 11.6 Å². The minimum Gasteiger partial charge on any atom is -0.491 e. The zero-order valence-electron chi connectivity index (χ0n) is 12.7. The predicted octanol–water partition coefficient (Wildman–Crippen LogP) is 2.88. The van der Waals surface area contributed by atoms with Crippen LogP contribution in [-0.4, -0.2) is 44.1 Å². The van der Waals surface area contributed by atoms with E-state index < -0.39 is 6.10 Å². The molecule has 1 unspecified atom stereocenters. The van der Waals surface area contributed by atoms with Crippen molar-refractivity contribution >= 4 is 11.6 Å². The molecule has 1 rings (SSSR count). The number of hydrogen-bond acceptors (Lipinski definition) is 4. The third-order valence-corrected chi connectivity index (χ3v) is 3.14. The topological polar surface area (TPSA) is 50.7 Å². The maximum absolute atomic E-state index is 9.80. The summed E-state index contributed by atoms with van der Waals surface area (Å²) >= 11 is 5.86. The van der Waals surface area contributed by atoms with E-state index in [1.807, 2.05) is 12.1 Å². The van der Waals surface area contributed by atoms with Crippen LogP contribution in [0.1, 0.15) is 26.2 Å². The number of rotatable bonds is 12. The molecule has 5 heteroatoms. The fraction of sp³-hybridized carbons (Fsp3) is 0.625. The molecule has 0 saturated heterocycles. The van der Waals surface area contributed by atoms with Crippen molar-refractivity contribution < 1.29 is 14.6 Å². The van der Waals surface area contributed by atoms with Crippen molar-refractivity contribution in [1.29, 1.82) is 0 Å². The first kappa shape index (κ1) is 18.2. The minimum absolute atomic E-state index is 0.250. The molecule has 1 atom stereocenters. The van der Waals surface area contributed by atoms with Gasteiger partial charge in [-0.25, -0.2) is 0 Å². The van der Waals surface area contributed by atoms with Crippen molar-refractivity contribution in [1.82, 2.24) is 5.32 Å². The smallest absolute Gasteiger partial charge is 0.120 e. The molecule has 0 aliphatic carbocycles. The van der Waals surface area contributed by atoms with Crippen molar-refractivity contribution in [2.24, 2.45) is 0 Å². The van der Waals surface area contributed by atoms with E-state index in [0.29, 0.717) is 17.3 Å². The summed E-state index contributed by atoms with van der Waals surface area (Å²) in [6, 6.07) is 7.16. The van der Waals surface area contributed by atoms with Gasteiger partial charge in [0.2, 0.25) is 0 Å². The molecular weight excluding hydrogens is 290 g/mol. The molecule has 1 aromatic rings. The highest BCUT2D eigenvalue weighted by molar-refractivity contribution is 6.30. The lowest BCUT2D eigenvalue weighted by Gasteiger charge is -2.13. The molecule has 0 amide bonds. The van der Waals surface area contributed by atoms with Crippen LogP contribution in [0.4, 0.5) is 0 Å². The van der Waals surface area contributed by atoms with Crippen LogP contribution in [0.2, 0.25) is 5.02 Å². The summed E-state index contributed by atoms with van der Waals surface area (Å²) < 4.78 is 10.9. The van der Waals surface area contributed by atoms with Crippen molar-refractivity contribution in [2.75, 3.05) is 32.9 Å². The van der Waals surface area contributed by atoms with Gasteiger partial charge < -0.3 is 19.9 Å². The fourth-order valence-corrected chi connectivity index (χ4v) is 1.90. The molecule has 0 radical (unpaired) electrons. The molecule has 21 heavy (non-hydrogen) atoms. The molecule has 2 N–H and O–H groups in total. The number of hydrogen-bond donors (Lipinski definition) is 2. The van der Waals surface area contributed by atoms with Crippen LogP contribution in [0.25, 0.3) is 0 Å². The van der Waals surface area contributed by atoms with Crippen LogP contribution in [-0.2, 0) is 4.74 Å². The molecule has 0 fully saturated rings. The van der Waals surface area contributed by atoms with Crippen molar-refractivity contribution in [3.63, 3.8) is 0 Å². The Hall–Kier alpha value is -0.810. The van der Waals surface area contributed by atoms with E-state index in [2.05, 4.69) is 12.2 Å². The second-order valence-corrected chi connectivity index (χ2v) is 5.38. The Bertz CT molecular complexity index is 376. The number of nitrogens with one attached hydrogen (secondary N) is 1. The van der Waals surface area contributed by atoms with Crippen LogP contribution in [0, 0.1) is 0 Å². The van der Waals surface area contributed by atoms with Gasteiger partial charge in [-0.15, -0.1) is 0 Å². The van der Waals surface area contributed by atoms with E-state index in [9.17, 15) is 5.11 Å².